The third kappa shape index (κ3) is 2.39. The number of H-pyrrole nitrogens is 1. The van der Waals surface area contributed by atoms with Crippen molar-refractivity contribution in [2.24, 2.45) is 0 Å². The van der Waals surface area contributed by atoms with Gasteiger partial charge in [0.2, 0.25) is 0 Å². The lowest BCUT2D eigenvalue weighted by Gasteiger charge is -2.09. The topological polar surface area (TPSA) is 39.2 Å². The predicted molar refractivity (Wildman–Crippen MR) is 86.6 cm³/mol. The fraction of sp³-hybridized carbons (Fsp3) is 0.133. The molecule has 4 nitrogen and oxygen atoms in total. The molecule has 3 aromatic rings. The summed E-state index contributed by atoms with van der Waals surface area (Å²) in [5, 5.41) is 0.560. The zero-order valence-corrected chi connectivity index (χ0v) is 13.1. The third-order valence-corrected chi connectivity index (χ3v) is 3.88. The summed E-state index contributed by atoms with van der Waals surface area (Å²) in [6.45, 7) is 0. The summed E-state index contributed by atoms with van der Waals surface area (Å²) in [7, 11) is 3.22. The Morgan fingerprint density at radius 3 is 2.62 bits per heavy atom. The van der Waals surface area contributed by atoms with Gasteiger partial charge in [0.05, 0.1) is 36.0 Å². The molecule has 0 amide bonds. The van der Waals surface area contributed by atoms with Crippen molar-refractivity contribution in [3.63, 3.8) is 0 Å². The number of benzene rings is 2. The number of hydrogen-bond donors (Lipinski definition) is 1. The highest BCUT2D eigenvalue weighted by Gasteiger charge is 2.10. The quantitative estimate of drug-likeness (QED) is 0.729. The highest BCUT2D eigenvalue weighted by atomic mass is 35.5. The molecule has 0 aliphatic carbocycles. The van der Waals surface area contributed by atoms with Crippen molar-refractivity contribution in [3.8, 4) is 17.2 Å². The second-order valence-electron chi connectivity index (χ2n) is 4.47. The lowest BCUT2D eigenvalue weighted by atomic mass is 10.2. The molecule has 0 saturated heterocycles. The predicted octanol–water partition coefficient (Wildman–Crippen LogP) is 4.36. The van der Waals surface area contributed by atoms with Crippen molar-refractivity contribution in [2.75, 3.05) is 14.2 Å². The molecule has 1 aromatic heterocycles. The van der Waals surface area contributed by atoms with Crippen LogP contribution >= 0.6 is 23.8 Å². The van der Waals surface area contributed by atoms with Crippen molar-refractivity contribution < 1.29 is 9.47 Å². The van der Waals surface area contributed by atoms with Crippen LogP contribution < -0.4 is 9.47 Å². The minimum Gasteiger partial charge on any atom is -0.497 e. The van der Waals surface area contributed by atoms with Gasteiger partial charge in [-0.25, -0.2) is 0 Å². The molecule has 1 N–H and O–H groups in total. The molecule has 0 saturated carbocycles. The summed E-state index contributed by atoms with van der Waals surface area (Å²) >= 11 is 11.5. The van der Waals surface area contributed by atoms with Crippen LogP contribution in [-0.4, -0.2) is 23.8 Å². The summed E-state index contributed by atoms with van der Waals surface area (Å²) in [6.07, 6.45) is 0. The number of halogens is 1. The molecule has 0 atom stereocenters. The van der Waals surface area contributed by atoms with E-state index >= 15 is 0 Å². The number of rotatable bonds is 3. The summed E-state index contributed by atoms with van der Waals surface area (Å²) in [4.78, 5) is 3.18. The average Bonchev–Trinajstić information content (AvgIpc) is 2.82. The largest absolute Gasteiger partial charge is 0.497 e. The molecule has 2 aromatic carbocycles. The molecule has 0 aliphatic heterocycles. The maximum atomic E-state index is 6.08. The van der Waals surface area contributed by atoms with Gasteiger partial charge in [0.25, 0.3) is 0 Å². The van der Waals surface area contributed by atoms with E-state index in [2.05, 4.69) is 4.98 Å². The van der Waals surface area contributed by atoms with Gasteiger partial charge in [0.15, 0.2) is 4.77 Å². The Bertz CT molecular complexity index is 870. The number of nitrogens with zero attached hydrogens (tertiary/aromatic N) is 1. The monoisotopic (exact) mass is 320 g/mol. The normalized spacial score (nSPS) is 10.8. The first-order valence-electron chi connectivity index (χ1n) is 6.26. The van der Waals surface area contributed by atoms with Crippen LogP contribution in [0.2, 0.25) is 5.02 Å². The van der Waals surface area contributed by atoms with Crippen LogP contribution in [-0.2, 0) is 0 Å². The summed E-state index contributed by atoms with van der Waals surface area (Å²) in [6, 6.07) is 11.3. The van der Waals surface area contributed by atoms with Crippen molar-refractivity contribution in [2.45, 2.75) is 0 Å². The van der Waals surface area contributed by atoms with Gasteiger partial charge in [-0.15, -0.1) is 0 Å². The summed E-state index contributed by atoms with van der Waals surface area (Å²) in [5.41, 5.74) is 2.75. The van der Waals surface area contributed by atoms with E-state index < -0.39 is 0 Å². The van der Waals surface area contributed by atoms with Crippen molar-refractivity contribution in [1.82, 2.24) is 9.55 Å². The Labute approximate surface area is 131 Å². The Balaban J connectivity index is 2.28. The number of aromatic nitrogens is 2. The van der Waals surface area contributed by atoms with E-state index in [1.165, 1.54) is 0 Å². The molecule has 21 heavy (non-hydrogen) atoms. The van der Waals surface area contributed by atoms with Gasteiger partial charge < -0.3 is 14.5 Å². The van der Waals surface area contributed by atoms with Crippen LogP contribution in [0.25, 0.3) is 16.7 Å². The molecule has 0 bridgehead atoms. The number of nitrogens with one attached hydrogen (secondary N) is 1. The van der Waals surface area contributed by atoms with E-state index in [-0.39, 0.29) is 0 Å². The Morgan fingerprint density at radius 1 is 1.10 bits per heavy atom. The van der Waals surface area contributed by atoms with Crippen LogP contribution in [0.1, 0.15) is 0 Å². The minimum atomic E-state index is 0.560. The van der Waals surface area contributed by atoms with Crippen LogP contribution in [0.5, 0.6) is 11.5 Å². The van der Waals surface area contributed by atoms with Crippen LogP contribution in [0, 0.1) is 4.77 Å². The summed E-state index contributed by atoms with van der Waals surface area (Å²) < 4.78 is 13.1. The molecule has 108 valence electrons. The summed E-state index contributed by atoms with van der Waals surface area (Å²) in [5.74, 6) is 1.37. The van der Waals surface area contributed by atoms with E-state index in [1.54, 1.807) is 20.3 Å². The minimum absolute atomic E-state index is 0.560. The van der Waals surface area contributed by atoms with E-state index in [0.29, 0.717) is 15.5 Å². The van der Waals surface area contributed by atoms with Crippen molar-refractivity contribution in [3.05, 3.63) is 46.2 Å². The number of fused-ring (bicyclic) bond motifs is 1. The Kier molecular flexibility index (Phi) is 3.61. The van der Waals surface area contributed by atoms with Gasteiger partial charge in [-0.3, -0.25) is 4.57 Å². The zero-order valence-electron chi connectivity index (χ0n) is 11.5. The Hall–Kier alpha value is -1.98. The van der Waals surface area contributed by atoms with Crippen molar-refractivity contribution in [1.29, 1.82) is 0 Å². The van der Waals surface area contributed by atoms with Gasteiger partial charge in [-0.1, -0.05) is 11.6 Å². The maximum Gasteiger partial charge on any atom is 0.182 e. The zero-order chi connectivity index (χ0) is 15.0. The molecule has 6 heteroatoms. The SMILES string of the molecule is COc1ccc2[nH]c(=S)n(-c3ccc(Cl)c(OC)c3)c2c1. The lowest BCUT2D eigenvalue weighted by molar-refractivity contribution is 0.415. The molecular weight excluding hydrogens is 308 g/mol. The van der Waals surface area contributed by atoms with Crippen LogP contribution in [0.15, 0.2) is 36.4 Å². The van der Waals surface area contributed by atoms with E-state index in [4.69, 9.17) is 33.3 Å². The maximum absolute atomic E-state index is 6.08. The molecular formula is C15H13ClN2O2S. The number of ether oxygens (including phenoxy) is 2. The molecule has 1 heterocycles. The fourth-order valence-corrected chi connectivity index (χ4v) is 2.76. The van der Waals surface area contributed by atoms with Gasteiger partial charge in [-0.2, -0.15) is 0 Å². The Morgan fingerprint density at radius 2 is 1.90 bits per heavy atom. The molecule has 3 rings (SSSR count). The molecule has 0 radical (unpaired) electrons. The number of methoxy groups -OCH3 is 2. The van der Waals surface area contributed by atoms with Crippen LogP contribution in [0.3, 0.4) is 0 Å². The van der Waals surface area contributed by atoms with Gasteiger partial charge in [-0.05, 0) is 36.5 Å². The molecule has 0 aliphatic rings. The first-order valence-corrected chi connectivity index (χ1v) is 7.05. The smallest absolute Gasteiger partial charge is 0.182 e. The molecule has 0 spiro atoms. The molecule has 0 unspecified atom stereocenters. The second-order valence-corrected chi connectivity index (χ2v) is 5.26. The first-order chi connectivity index (χ1) is 10.1. The standard InChI is InChI=1S/C15H13ClN2O2S/c1-19-10-4-6-12-13(8-10)18(15(21)17-12)9-3-5-11(16)14(7-9)20-2/h3-8H,1-2H3,(H,17,21). The van der Waals surface area contributed by atoms with Gasteiger partial charge in [0.1, 0.15) is 11.5 Å². The number of imidazole rings is 1. The average molecular weight is 321 g/mol. The number of hydrogen-bond acceptors (Lipinski definition) is 3. The first kappa shape index (κ1) is 14.0. The third-order valence-electron chi connectivity index (χ3n) is 3.28. The van der Waals surface area contributed by atoms with Gasteiger partial charge >= 0.3 is 0 Å². The lowest BCUT2D eigenvalue weighted by Crippen LogP contribution is -1.95. The van der Waals surface area contributed by atoms with E-state index in [1.807, 2.05) is 34.9 Å². The highest BCUT2D eigenvalue weighted by Crippen LogP contribution is 2.29. The molecule has 0 fully saturated rings. The van der Waals surface area contributed by atoms with Gasteiger partial charge in [0, 0.05) is 12.1 Å². The van der Waals surface area contributed by atoms with Crippen LogP contribution in [0.4, 0.5) is 0 Å². The second kappa shape index (κ2) is 5.42. The van der Waals surface area contributed by atoms with Crippen molar-refractivity contribution >= 4 is 34.9 Å². The fourth-order valence-electron chi connectivity index (χ4n) is 2.25. The number of aromatic amines is 1. The van der Waals surface area contributed by atoms with E-state index in [9.17, 15) is 0 Å². The van der Waals surface area contributed by atoms with E-state index in [0.717, 1.165) is 22.5 Å². The highest BCUT2D eigenvalue weighted by molar-refractivity contribution is 7.71.